The number of aryl methyl sites for hydroxylation is 2. The average molecular weight is 240 g/mol. The predicted octanol–water partition coefficient (Wildman–Crippen LogP) is 3.55. The summed E-state index contributed by atoms with van der Waals surface area (Å²) < 4.78 is 0. The normalized spacial score (nSPS) is 12.4. The van der Waals surface area contributed by atoms with Crippen LogP contribution < -0.4 is 5.32 Å². The highest BCUT2D eigenvalue weighted by Gasteiger charge is 2.05. The van der Waals surface area contributed by atoms with Gasteiger partial charge in [-0.1, -0.05) is 29.8 Å². The van der Waals surface area contributed by atoms with Crippen LogP contribution in [0.1, 0.15) is 35.2 Å². The lowest BCUT2D eigenvalue weighted by Crippen LogP contribution is -2.18. The second kappa shape index (κ2) is 5.78. The zero-order chi connectivity index (χ0) is 13.0. The van der Waals surface area contributed by atoms with Crippen LogP contribution in [0.2, 0.25) is 0 Å². The SMILES string of the molecule is Cc1ccc(CNC(C)c2cccnc2)c(C)c1. The van der Waals surface area contributed by atoms with Gasteiger partial charge in [-0.2, -0.15) is 0 Å². The summed E-state index contributed by atoms with van der Waals surface area (Å²) in [7, 11) is 0. The molecule has 18 heavy (non-hydrogen) atoms. The molecule has 1 aromatic carbocycles. The third kappa shape index (κ3) is 3.17. The van der Waals surface area contributed by atoms with Gasteiger partial charge < -0.3 is 5.32 Å². The largest absolute Gasteiger partial charge is 0.306 e. The van der Waals surface area contributed by atoms with Crippen molar-refractivity contribution >= 4 is 0 Å². The molecule has 2 heteroatoms. The maximum absolute atomic E-state index is 4.15. The van der Waals surface area contributed by atoms with E-state index in [1.165, 1.54) is 22.3 Å². The number of aromatic nitrogens is 1. The maximum Gasteiger partial charge on any atom is 0.0315 e. The minimum Gasteiger partial charge on any atom is -0.306 e. The van der Waals surface area contributed by atoms with Gasteiger partial charge in [-0.15, -0.1) is 0 Å². The second-order valence-electron chi connectivity index (χ2n) is 4.82. The van der Waals surface area contributed by atoms with Crippen LogP contribution in [0.25, 0.3) is 0 Å². The molecule has 0 amide bonds. The van der Waals surface area contributed by atoms with Crippen LogP contribution in [0.4, 0.5) is 0 Å². The molecule has 1 atom stereocenters. The molecule has 94 valence electrons. The fraction of sp³-hybridized carbons (Fsp3) is 0.312. The fourth-order valence-corrected chi connectivity index (χ4v) is 2.06. The van der Waals surface area contributed by atoms with Gasteiger partial charge >= 0.3 is 0 Å². The Kier molecular flexibility index (Phi) is 4.11. The molecule has 0 fully saturated rings. The van der Waals surface area contributed by atoms with E-state index in [4.69, 9.17) is 0 Å². The standard InChI is InChI=1S/C16H20N2/c1-12-6-7-15(13(2)9-12)11-18-14(3)16-5-4-8-17-10-16/h4-10,14,18H,11H2,1-3H3. The van der Waals surface area contributed by atoms with Crippen LogP contribution in [-0.4, -0.2) is 4.98 Å². The van der Waals surface area contributed by atoms with Crippen LogP contribution >= 0.6 is 0 Å². The molecule has 2 nitrogen and oxygen atoms in total. The quantitative estimate of drug-likeness (QED) is 0.884. The average Bonchev–Trinajstić information content (AvgIpc) is 2.38. The topological polar surface area (TPSA) is 24.9 Å². The van der Waals surface area contributed by atoms with E-state index in [1.807, 2.05) is 12.3 Å². The summed E-state index contributed by atoms with van der Waals surface area (Å²) >= 11 is 0. The van der Waals surface area contributed by atoms with Crippen LogP contribution in [0.3, 0.4) is 0 Å². The zero-order valence-electron chi connectivity index (χ0n) is 11.3. The van der Waals surface area contributed by atoms with E-state index in [0.717, 1.165) is 6.54 Å². The Morgan fingerprint density at radius 1 is 1.22 bits per heavy atom. The molecule has 1 aromatic heterocycles. The number of hydrogen-bond donors (Lipinski definition) is 1. The van der Waals surface area contributed by atoms with Crippen molar-refractivity contribution in [1.82, 2.24) is 10.3 Å². The van der Waals surface area contributed by atoms with Crippen molar-refractivity contribution in [2.75, 3.05) is 0 Å². The van der Waals surface area contributed by atoms with Gasteiger partial charge in [-0.25, -0.2) is 0 Å². The number of benzene rings is 1. The molecule has 0 aliphatic carbocycles. The van der Waals surface area contributed by atoms with Crippen molar-refractivity contribution in [3.63, 3.8) is 0 Å². The molecule has 0 radical (unpaired) electrons. The molecule has 2 aromatic rings. The Labute approximate surface area is 109 Å². The molecule has 1 heterocycles. The number of nitrogens with one attached hydrogen (secondary N) is 1. The lowest BCUT2D eigenvalue weighted by atomic mass is 10.0. The molecule has 0 aliphatic rings. The highest BCUT2D eigenvalue weighted by Crippen LogP contribution is 2.14. The predicted molar refractivity (Wildman–Crippen MR) is 75.4 cm³/mol. The first-order valence-corrected chi connectivity index (χ1v) is 6.36. The molecular formula is C16H20N2. The molecule has 1 N–H and O–H groups in total. The Hall–Kier alpha value is -1.67. The third-order valence-corrected chi connectivity index (χ3v) is 3.28. The molecule has 0 aliphatic heterocycles. The van der Waals surface area contributed by atoms with Crippen molar-refractivity contribution in [3.05, 3.63) is 65.0 Å². The van der Waals surface area contributed by atoms with E-state index in [-0.39, 0.29) is 0 Å². The van der Waals surface area contributed by atoms with Gasteiger partial charge in [-0.05, 0) is 43.5 Å². The summed E-state index contributed by atoms with van der Waals surface area (Å²) in [4.78, 5) is 4.15. The minimum absolute atomic E-state index is 0.319. The molecule has 1 unspecified atom stereocenters. The van der Waals surface area contributed by atoms with Crippen molar-refractivity contribution in [1.29, 1.82) is 0 Å². The molecule has 0 spiro atoms. The molecule has 0 bridgehead atoms. The van der Waals surface area contributed by atoms with Crippen molar-refractivity contribution < 1.29 is 0 Å². The molecule has 0 saturated carbocycles. The van der Waals surface area contributed by atoms with Gasteiger partial charge in [0.25, 0.3) is 0 Å². The van der Waals surface area contributed by atoms with Crippen LogP contribution in [-0.2, 0) is 6.54 Å². The Morgan fingerprint density at radius 3 is 2.72 bits per heavy atom. The van der Waals surface area contributed by atoms with Gasteiger partial charge in [0.1, 0.15) is 0 Å². The summed E-state index contributed by atoms with van der Waals surface area (Å²) in [6.07, 6.45) is 3.72. The van der Waals surface area contributed by atoms with Gasteiger partial charge in [0.2, 0.25) is 0 Å². The number of hydrogen-bond acceptors (Lipinski definition) is 2. The highest BCUT2D eigenvalue weighted by atomic mass is 14.9. The van der Waals surface area contributed by atoms with Crippen molar-refractivity contribution in [3.8, 4) is 0 Å². The van der Waals surface area contributed by atoms with Gasteiger partial charge in [0.05, 0.1) is 0 Å². The third-order valence-electron chi connectivity index (χ3n) is 3.28. The highest BCUT2D eigenvalue weighted by molar-refractivity contribution is 5.30. The van der Waals surface area contributed by atoms with Crippen molar-refractivity contribution in [2.24, 2.45) is 0 Å². The first-order chi connectivity index (χ1) is 8.66. The van der Waals surface area contributed by atoms with Gasteiger partial charge in [0.15, 0.2) is 0 Å². The number of pyridine rings is 1. The molecule has 0 saturated heterocycles. The number of nitrogens with zero attached hydrogens (tertiary/aromatic N) is 1. The first-order valence-electron chi connectivity index (χ1n) is 6.36. The summed E-state index contributed by atoms with van der Waals surface area (Å²) in [5.74, 6) is 0. The fourth-order valence-electron chi connectivity index (χ4n) is 2.06. The minimum atomic E-state index is 0.319. The van der Waals surface area contributed by atoms with Crippen LogP contribution in [0.15, 0.2) is 42.7 Å². The lowest BCUT2D eigenvalue weighted by molar-refractivity contribution is 0.572. The Morgan fingerprint density at radius 2 is 2.06 bits per heavy atom. The van der Waals surface area contributed by atoms with E-state index < -0.39 is 0 Å². The Bertz CT molecular complexity index is 506. The zero-order valence-corrected chi connectivity index (χ0v) is 11.3. The summed E-state index contributed by atoms with van der Waals surface area (Å²) in [5, 5.41) is 3.54. The first kappa shape index (κ1) is 12.8. The monoisotopic (exact) mass is 240 g/mol. The van der Waals surface area contributed by atoms with Crippen LogP contribution in [0, 0.1) is 13.8 Å². The Balaban J connectivity index is 1.99. The second-order valence-corrected chi connectivity index (χ2v) is 4.82. The molecular weight excluding hydrogens is 220 g/mol. The molecule has 2 rings (SSSR count). The van der Waals surface area contributed by atoms with E-state index >= 15 is 0 Å². The van der Waals surface area contributed by atoms with E-state index in [0.29, 0.717) is 6.04 Å². The van der Waals surface area contributed by atoms with E-state index in [2.05, 4.69) is 55.3 Å². The summed E-state index contributed by atoms with van der Waals surface area (Å²) in [6, 6.07) is 11.0. The van der Waals surface area contributed by atoms with Gasteiger partial charge in [0, 0.05) is 25.0 Å². The van der Waals surface area contributed by atoms with E-state index in [1.54, 1.807) is 6.20 Å². The van der Waals surface area contributed by atoms with Gasteiger partial charge in [-0.3, -0.25) is 4.98 Å². The summed E-state index contributed by atoms with van der Waals surface area (Å²) in [6.45, 7) is 7.35. The maximum atomic E-state index is 4.15. The van der Waals surface area contributed by atoms with Crippen molar-refractivity contribution in [2.45, 2.75) is 33.4 Å². The number of rotatable bonds is 4. The summed E-state index contributed by atoms with van der Waals surface area (Å²) in [5.41, 5.74) is 5.25. The lowest BCUT2D eigenvalue weighted by Gasteiger charge is -2.15. The van der Waals surface area contributed by atoms with E-state index in [9.17, 15) is 0 Å². The smallest absolute Gasteiger partial charge is 0.0315 e. The van der Waals surface area contributed by atoms with Crippen LogP contribution in [0.5, 0.6) is 0 Å².